The highest BCUT2D eigenvalue weighted by Crippen LogP contribution is 2.28. The molecule has 2 fully saturated rings. The summed E-state index contributed by atoms with van der Waals surface area (Å²) in [5, 5.41) is 3.20. The van der Waals surface area contributed by atoms with E-state index < -0.39 is 10.0 Å². The van der Waals surface area contributed by atoms with Crippen LogP contribution in [0.4, 0.5) is 0 Å². The molecule has 7 nitrogen and oxygen atoms in total. The molecule has 0 radical (unpaired) electrons. The lowest BCUT2D eigenvalue weighted by molar-refractivity contribution is -0.140. The van der Waals surface area contributed by atoms with Gasteiger partial charge in [0.15, 0.2) is 0 Å². The quantitative estimate of drug-likeness (QED) is 0.784. The van der Waals surface area contributed by atoms with Gasteiger partial charge in [0.05, 0.1) is 17.6 Å². The topological polar surface area (TPSA) is 79.0 Å². The third-order valence-corrected chi connectivity index (χ3v) is 7.87. The summed E-state index contributed by atoms with van der Waals surface area (Å²) in [6, 6.07) is 1.39. The summed E-state index contributed by atoms with van der Waals surface area (Å²) >= 11 is 1.49. The zero-order valence-corrected chi connectivity index (χ0v) is 17.7. The fourth-order valence-corrected chi connectivity index (χ4v) is 6.30. The van der Waals surface area contributed by atoms with Gasteiger partial charge >= 0.3 is 0 Å². The van der Waals surface area contributed by atoms with Gasteiger partial charge in [-0.15, -0.1) is 23.7 Å². The van der Waals surface area contributed by atoms with Crippen LogP contribution in [-0.2, 0) is 19.6 Å². The van der Waals surface area contributed by atoms with Crippen molar-refractivity contribution in [2.45, 2.75) is 37.8 Å². The van der Waals surface area contributed by atoms with Gasteiger partial charge in [0, 0.05) is 42.5 Å². The predicted molar refractivity (Wildman–Crippen MR) is 104 cm³/mol. The molecular weight excluding hydrogens is 398 g/mol. The third-order valence-electron chi connectivity index (χ3n) is 4.75. The Bertz CT molecular complexity index is 745. The molecule has 0 bridgehead atoms. The fourth-order valence-electron chi connectivity index (χ4n) is 3.36. The van der Waals surface area contributed by atoms with Crippen molar-refractivity contribution in [3.63, 3.8) is 0 Å². The van der Waals surface area contributed by atoms with Gasteiger partial charge in [-0.25, -0.2) is 8.42 Å². The summed E-state index contributed by atoms with van der Waals surface area (Å²) in [4.78, 5) is 16.6. The van der Waals surface area contributed by atoms with E-state index >= 15 is 0 Å². The van der Waals surface area contributed by atoms with Gasteiger partial charge in [-0.3, -0.25) is 4.79 Å². The number of piperazine rings is 1. The van der Waals surface area contributed by atoms with Crippen LogP contribution in [0.5, 0.6) is 0 Å². The largest absolute Gasteiger partial charge is 0.375 e. The Morgan fingerprint density at radius 3 is 2.46 bits per heavy atom. The molecule has 0 aromatic carbocycles. The van der Waals surface area contributed by atoms with Crippen LogP contribution in [0.1, 0.15) is 16.7 Å². The first-order valence-corrected chi connectivity index (χ1v) is 10.8. The maximum Gasteiger partial charge on any atom is 0.244 e. The van der Waals surface area contributed by atoms with Crippen molar-refractivity contribution < 1.29 is 17.9 Å². The van der Waals surface area contributed by atoms with E-state index in [4.69, 9.17) is 4.74 Å². The minimum atomic E-state index is -3.49. The lowest BCUT2D eigenvalue weighted by Crippen LogP contribution is -2.60. The molecule has 2 saturated heterocycles. The SMILES string of the molecule is Cc1cc(S(=O)(=O)N2CCN(C(=O)[C@H]3NCCO[C@@H]3C)CC2)c(C)s1.Cl. The number of carbonyl (C=O) groups excluding carboxylic acids is 1. The second-order valence-electron chi connectivity index (χ2n) is 6.51. The van der Waals surface area contributed by atoms with E-state index in [1.807, 2.05) is 20.8 Å². The fraction of sp³-hybridized carbons (Fsp3) is 0.688. The normalized spacial score (nSPS) is 25.0. The molecular formula is C16H26ClN3O4S2. The molecule has 1 N–H and O–H groups in total. The van der Waals surface area contributed by atoms with Crippen LogP contribution in [0.3, 0.4) is 0 Å². The number of nitrogens with one attached hydrogen (secondary N) is 1. The molecule has 148 valence electrons. The second-order valence-corrected chi connectivity index (χ2v) is 9.88. The van der Waals surface area contributed by atoms with Crippen LogP contribution < -0.4 is 5.32 Å². The number of thiophene rings is 1. The lowest BCUT2D eigenvalue weighted by atomic mass is 10.1. The average molecular weight is 424 g/mol. The van der Waals surface area contributed by atoms with Crippen LogP contribution in [-0.4, -0.2) is 75.0 Å². The molecule has 26 heavy (non-hydrogen) atoms. The minimum absolute atomic E-state index is 0. The molecule has 2 atom stereocenters. The smallest absolute Gasteiger partial charge is 0.244 e. The van der Waals surface area contributed by atoms with E-state index in [9.17, 15) is 13.2 Å². The standard InChI is InChI=1S/C16H25N3O4S2.ClH/c1-11-10-14(13(3)24-11)25(21,22)19-7-5-18(6-8-19)16(20)15-12(2)23-9-4-17-15;/h10,12,15,17H,4-9H2,1-3H3;1H/t12-,15+;/m1./s1. The van der Waals surface area contributed by atoms with Crippen molar-refractivity contribution in [1.82, 2.24) is 14.5 Å². The Labute approximate surface area is 165 Å². The maximum absolute atomic E-state index is 12.8. The highest BCUT2D eigenvalue weighted by Gasteiger charge is 2.36. The third kappa shape index (κ3) is 4.23. The molecule has 3 heterocycles. The zero-order chi connectivity index (χ0) is 18.2. The Morgan fingerprint density at radius 1 is 1.27 bits per heavy atom. The molecule has 1 aromatic rings. The van der Waals surface area contributed by atoms with Crippen molar-refractivity contribution in [2.24, 2.45) is 0 Å². The number of hydrogen-bond donors (Lipinski definition) is 1. The van der Waals surface area contributed by atoms with Gasteiger partial charge in [-0.1, -0.05) is 0 Å². The van der Waals surface area contributed by atoms with Gasteiger partial charge in [0.2, 0.25) is 15.9 Å². The van der Waals surface area contributed by atoms with Gasteiger partial charge in [-0.05, 0) is 26.8 Å². The molecule has 0 aliphatic carbocycles. The molecule has 2 aliphatic rings. The summed E-state index contributed by atoms with van der Waals surface area (Å²) in [5.41, 5.74) is 0. The zero-order valence-electron chi connectivity index (χ0n) is 15.2. The first-order valence-electron chi connectivity index (χ1n) is 8.51. The van der Waals surface area contributed by atoms with E-state index in [-0.39, 0.29) is 30.5 Å². The molecule has 0 unspecified atom stereocenters. The van der Waals surface area contributed by atoms with E-state index in [0.29, 0.717) is 44.2 Å². The van der Waals surface area contributed by atoms with E-state index in [0.717, 1.165) is 9.75 Å². The van der Waals surface area contributed by atoms with Crippen LogP contribution >= 0.6 is 23.7 Å². The first-order chi connectivity index (χ1) is 11.8. The number of morpholine rings is 1. The number of carbonyl (C=O) groups is 1. The number of rotatable bonds is 3. The predicted octanol–water partition coefficient (Wildman–Crippen LogP) is 0.997. The second kappa shape index (κ2) is 8.53. The Morgan fingerprint density at radius 2 is 1.92 bits per heavy atom. The van der Waals surface area contributed by atoms with Crippen LogP contribution in [0, 0.1) is 13.8 Å². The number of halogens is 1. The monoisotopic (exact) mass is 423 g/mol. The summed E-state index contributed by atoms with van der Waals surface area (Å²) < 4.78 is 32.7. The molecule has 0 saturated carbocycles. The summed E-state index contributed by atoms with van der Waals surface area (Å²) in [7, 11) is -3.49. The van der Waals surface area contributed by atoms with Crippen LogP contribution in [0.15, 0.2) is 11.0 Å². The van der Waals surface area contributed by atoms with Crippen LogP contribution in [0.2, 0.25) is 0 Å². The highest BCUT2D eigenvalue weighted by molar-refractivity contribution is 7.89. The Balaban J connectivity index is 0.00000243. The Hall–Kier alpha value is -0.710. The summed E-state index contributed by atoms with van der Waals surface area (Å²) in [6.07, 6.45) is -0.167. The number of amides is 1. The molecule has 3 rings (SSSR count). The summed E-state index contributed by atoms with van der Waals surface area (Å²) in [5.74, 6) is -0.00759. The van der Waals surface area contributed by atoms with Crippen molar-refractivity contribution in [3.8, 4) is 0 Å². The molecule has 1 amide bonds. The molecule has 0 spiro atoms. The molecule has 10 heteroatoms. The number of nitrogens with zero attached hydrogens (tertiary/aromatic N) is 2. The minimum Gasteiger partial charge on any atom is -0.375 e. The van der Waals surface area contributed by atoms with Crippen LogP contribution in [0.25, 0.3) is 0 Å². The molecule has 1 aromatic heterocycles. The molecule has 2 aliphatic heterocycles. The van der Waals surface area contributed by atoms with Crippen molar-refractivity contribution in [1.29, 1.82) is 0 Å². The highest BCUT2D eigenvalue weighted by atomic mass is 35.5. The van der Waals surface area contributed by atoms with Gasteiger partial charge in [0.25, 0.3) is 0 Å². The number of sulfonamides is 1. The van der Waals surface area contributed by atoms with Gasteiger partial charge < -0.3 is 15.0 Å². The van der Waals surface area contributed by atoms with E-state index in [1.165, 1.54) is 15.6 Å². The van der Waals surface area contributed by atoms with Crippen molar-refractivity contribution in [3.05, 3.63) is 15.8 Å². The lowest BCUT2D eigenvalue weighted by Gasteiger charge is -2.38. The Kier molecular flexibility index (Phi) is 7.09. The summed E-state index contributed by atoms with van der Waals surface area (Å²) in [6.45, 7) is 8.36. The number of ether oxygens (including phenoxy) is 1. The first kappa shape index (κ1) is 21.6. The van der Waals surface area contributed by atoms with E-state index in [1.54, 1.807) is 11.0 Å². The van der Waals surface area contributed by atoms with Gasteiger partial charge in [0.1, 0.15) is 6.04 Å². The van der Waals surface area contributed by atoms with Crippen molar-refractivity contribution in [2.75, 3.05) is 39.3 Å². The van der Waals surface area contributed by atoms with E-state index in [2.05, 4.69) is 5.32 Å². The maximum atomic E-state index is 12.8. The van der Waals surface area contributed by atoms with Crippen molar-refractivity contribution >= 4 is 39.7 Å². The number of hydrogen-bond acceptors (Lipinski definition) is 6. The average Bonchev–Trinajstić information content (AvgIpc) is 2.94. The number of aryl methyl sites for hydroxylation is 2. The van der Waals surface area contributed by atoms with Gasteiger partial charge in [-0.2, -0.15) is 4.31 Å².